The van der Waals surface area contributed by atoms with E-state index in [2.05, 4.69) is 30.5 Å². The van der Waals surface area contributed by atoms with Gasteiger partial charge in [-0.15, -0.1) is 0 Å². The lowest BCUT2D eigenvalue weighted by Crippen LogP contribution is -2.05. The average Bonchev–Trinajstić information content (AvgIpc) is 2.51. The van der Waals surface area contributed by atoms with Gasteiger partial charge in [0.2, 0.25) is 0 Å². The molecular weight excluding hydrogens is 162 g/mol. The molecule has 1 heterocycles. The fourth-order valence-electron chi connectivity index (χ4n) is 0.825. The summed E-state index contributed by atoms with van der Waals surface area (Å²) in [6.07, 6.45) is 5.23. The molecular formula is C10H15N3. The zero-order chi connectivity index (χ0) is 9.84. The van der Waals surface area contributed by atoms with E-state index in [4.69, 9.17) is 0 Å². The highest BCUT2D eigenvalue weighted by atomic mass is 15.4. The summed E-state index contributed by atoms with van der Waals surface area (Å²) in [5.41, 5.74) is 1.08. The largest absolute Gasteiger partial charge is 0.236 e. The van der Waals surface area contributed by atoms with E-state index >= 15 is 0 Å². The maximum Gasteiger partial charge on any atom is 0.152 e. The molecule has 0 spiro atoms. The zero-order valence-corrected chi connectivity index (χ0v) is 8.36. The molecule has 0 fully saturated rings. The number of hydrogen-bond acceptors (Lipinski definition) is 2. The van der Waals surface area contributed by atoms with Gasteiger partial charge >= 0.3 is 0 Å². The van der Waals surface area contributed by atoms with Gasteiger partial charge in [-0.1, -0.05) is 20.4 Å². The summed E-state index contributed by atoms with van der Waals surface area (Å²) in [4.78, 5) is 4.08. The van der Waals surface area contributed by atoms with Gasteiger partial charge in [-0.3, -0.25) is 0 Å². The Labute approximate surface area is 78.8 Å². The Hall–Kier alpha value is -1.38. The molecule has 0 saturated carbocycles. The Morgan fingerprint density at radius 2 is 2.38 bits per heavy atom. The maximum atomic E-state index is 4.39. The molecule has 1 aromatic rings. The quantitative estimate of drug-likeness (QED) is 0.652. The van der Waals surface area contributed by atoms with Crippen LogP contribution in [0.25, 0.3) is 6.08 Å². The lowest BCUT2D eigenvalue weighted by Gasteiger charge is -2.04. The van der Waals surface area contributed by atoms with Gasteiger partial charge in [0.1, 0.15) is 0 Å². The van der Waals surface area contributed by atoms with Crippen LogP contribution in [0.3, 0.4) is 0 Å². The van der Waals surface area contributed by atoms with Gasteiger partial charge in [-0.05, 0) is 18.9 Å². The van der Waals surface area contributed by atoms with E-state index in [9.17, 15) is 0 Å². The first-order valence-corrected chi connectivity index (χ1v) is 4.36. The number of imidazole rings is 1. The molecule has 1 aromatic heterocycles. The van der Waals surface area contributed by atoms with Crippen molar-refractivity contribution in [1.29, 1.82) is 0 Å². The van der Waals surface area contributed by atoms with Crippen LogP contribution in [0.15, 0.2) is 24.1 Å². The predicted molar refractivity (Wildman–Crippen MR) is 55.7 cm³/mol. The van der Waals surface area contributed by atoms with E-state index < -0.39 is 0 Å². The van der Waals surface area contributed by atoms with Crippen LogP contribution in [0, 0.1) is 5.92 Å². The van der Waals surface area contributed by atoms with Crippen LogP contribution in [0.5, 0.6) is 0 Å². The van der Waals surface area contributed by atoms with Crippen LogP contribution in [0.2, 0.25) is 0 Å². The summed E-state index contributed by atoms with van der Waals surface area (Å²) in [5.74, 6) is 1.24. The molecule has 0 unspecified atom stereocenters. The Morgan fingerprint density at radius 3 is 2.92 bits per heavy atom. The van der Waals surface area contributed by atoms with E-state index in [0.717, 1.165) is 11.5 Å². The van der Waals surface area contributed by atoms with Gasteiger partial charge in [0.05, 0.1) is 0 Å². The summed E-state index contributed by atoms with van der Waals surface area (Å²) < 4.78 is 1.74. The van der Waals surface area contributed by atoms with Crippen LogP contribution in [-0.4, -0.2) is 15.4 Å². The smallest absolute Gasteiger partial charge is 0.152 e. The minimum absolute atomic E-state index is 0.458. The van der Waals surface area contributed by atoms with Crippen LogP contribution in [-0.2, 0) is 0 Å². The third-order valence-electron chi connectivity index (χ3n) is 1.93. The zero-order valence-electron chi connectivity index (χ0n) is 8.36. The van der Waals surface area contributed by atoms with Crippen molar-refractivity contribution in [2.45, 2.75) is 20.8 Å². The Bertz CT molecular complexity index is 321. The lowest BCUT2D eigenvalue weighted by molar-refractivity contribution is 0.805. The van der Waals surface area contributed by atoms with Crippen molar-refractivity contribution in [2.75, 3.05) is 0 Å². The van der Waals surface area contributed by atoms with Crippen molar-refractivity contribution in [1.82, 2.24) is 9.66 Å². The lowest BCUT2D eigenvalue weighted by atomic mass is 10.1. The van der Waals surface area contributed by atoms with E-state index in [1.54, 1.807) is 16.9 Å². The second-order valence-electron chi connectivity index (χ2n) is 3.23. The van der Waals surface area contributed by atoms with Crippen molar-refractivity contribution in [3.8, 4) is 0 Å². The molecule has 0 aliphatic carbocycles. The summed E-state index contributed by atoms with van der Waals surface area (Å²) >= 11 is 0. The monoisotopic (exact) mass is 177 g/mol. The molecule has 1 rings (SSSR count). The molecule has 0 aromatic carbocycles. The molecule has 0 aliphatic rings. The normalized spacial score (nSPS) is 12.2. The highest BCUT2D eigenvalue weighted by molar-refractivity contribution is 5.83. The summed E-state index contributed by atoms with van der Waals surface area (Å²) in [6, 6.07) is 0. The summed E-state index contributed by atoms with van der Waals surface area (Å²) in [5, 5.41) is 4.39. The molecule has 13 heavy (non-hydrogen) atoms. The highest BCUT2D eigenvalue weighted by Gasteiger charge is 2.00. The third-order valence-corrected chi connectivity index (χ3v) is 1.93. The number of rotatable bonds is 3. The molecule has 70 valence electrons. The minimum Gasteiger partial charge on any atom is -0.236 e. The molecule has 0 saturated heterocycles. The van der Waals surface area contributed by atoms with Crippen molar-refractivity contribution in [3.63, 3.8) is 0 Å². The average molecular weight is 177 g/mol. The molecule has 3 nitrogen and oxygen atoms in total. The molecule has 0 bridgehead atoms. The van der Waals surface area contributed by atoms with Crippen LogP contribution in [0.1, 0.15) is 26.6 Å². The Morgan fingerprint density at radius 1 is 1.69 bits per heavy atom. The summed E-state index contributed by atoms with van der Waals surface area (Å²) in [7, 11) is 0. The van der Waals surface area contributed by atoms with E-state index in [1.807, 2.05) is 13.1 Å². The van der Waals surface area contributed by atoms with Gasteiger partial charge in [-0.25, -0.2) is 9.66 Å². The van der Waals surface area contributed by atoms with Gasteiger partial charge in [0.25, 0.3) is 0 Å². The second kappa shape index (κ2) is 4.03. The fourth-order valence-corrected chi connectivity index (χ4v) is 0.825. The van der Waals surface area contributed by atoms with Crippen molar-refractivity contribution < 1.29 is 0 Å². The first-order chi connectivity index (χ1) is 6.15. The second-order valence-corrected chi connectivity index (χ2v) is 3.23. The van der Waals surface area contributed by atoms with E-state index in [1.165, 1.54) is 0 Å². The number of nitrogens with zero attached hydrogens (tertiary/aromatic N) is 3. The van der Waals surface area contributed by atoms with Gasteiger partial charge in [0.15, 0.2) is 5.82 Å². The Kier molecular flexibility index (Phi) is 3.01. The maximum absolute atomic E-state index is 4.39. The number of aromatic nitrogens is 2. The van der Waals surface area contributed by atoms with E-state index in [0.29, 0.717) is 5.92 Å². The molecule has 0 N–H and O–H groups in total. The van der Waals surface area contributed by atoms with Gasteiger partial charge < -0.3 is 0 Å². The van der Waals surface area contributed by atoms with Gasteiger partial charge in [-0.2, -0.15) is 5.10 Å². The topological polar surface area (TPSA) is 30.2 Å². The SMILES string of the molecule is C=Cc1nccn1/N=C(\C)C(C)C. The molecule has 0 atom stereocenters. The Balaban J connectivity index is 2.96. The highest BCUT2D eigenvalue weighted by Crippen LogP contribution is 2.02. The molecule has 0 amide bonds. The molecule has 0 radical (unpaired) electrons. The fraction of sp³-hybridized carbons (Fsp3) is 0.400. The van der Waals surface area contributed by atoms with Crippen molar-refractivity contribution >= 4 is 11.8 Å². The first kappa shape index (κ1) is 9.71. The van der Waals surface area contributed by atoms with Crippen LogP contribution < -0.4 is 0 Å². The van der Waals surface area contributed by atoms with Gasteiger partial charge in [0, 0.05) is 18.1 Å². The predicted octanol–water partition coefficient (Wildman–Crippen LogP) is 2.41. The van der Waals surface area contributed by atoms with Crippen molar-refractivity contribution in [3.05, 3.63) is 24.8 Å². The van der Waals surface area contributed by atoms with Crippen LogP contribution in [0.4, 0.5) is 0 Å². The minimum atomic E-state index is 0.458. The molecule has 0 aliphatic heterocycles. The van der Waals surface area contributed by atoms with Crippen molar-refractivity contribution in [2.24, 2.45) is 11.0 Å². The van der Waals surface area contributed by atoms with Crippen LogP contribution >= 0.6 is 0 Å². The summed E-state index contributed by atoms with van der Waals surface area (Å²) in [6.45, 7) is 9.90. The third kappa shape index (κ3) is 2.28. The standard InChI is InChI=1S/C10H15N3/c1-5-10-11-6-7-13(10)12-9(4)8(2)3/h5-8H,1H2,2-4H3/b12-9+. The number of hydrogen-bond donors (Lipinski definition) is 0. The molecule has 3 heteroatoms. The first-order valence-electron chi connectivity index (χ1n) is 4.36. The van der Waals surface area contributed by atoms with E-state index in [-0.39, 0.29) is 0 Å².